The summed E-state index contributed by atoms with van der Waals surface area (Å²) >= 11 is 0. The Hall–Kier alpha value is -6.36. The quantitative estimate of drug-likeness (QED) is 0.167. The van der Waals surface area contributed by atoms with Gasteiger partial charge < -0.3 is 14.7 Å². The minimum Gasteiger partial charge on any atom is -0.311 e. The van der Waals surface area contributed by atoms with Gasteiger partial charge >= 0.3 is 0 Å². The first kappa shape index (κ1) is 30.5. The average Bonchev–Trinajstić information content (AvgIpc) is 3.20. The van der Waals surface area contributed by atoms with Crippen molar-refractivity contribution >= 4 is 80.4 Å². The zero-order chi connectivity index (χ0) is 34.8. The monoisotopic (exact) mass is 683 g/mol. The minimum absolute atomic E-state index is 1.11. The molecule has 0 saturated carbocycles. The van der Waals surface area contributed by atoms with Crippen LogP contribution in [0.3, 0.4) is 0 Å². The first-order valence-electron chi connectivity index (χ1n) is 18.0. The summed E-state index contributed by atoms with van der Waals surface area (Å²) in [5, 5.41) is 5.48. The molecule has 0 bridgehead atoms. The Bertz CT molecular complexity index is 2560. The van der Waals surface area contributed by atoms with Crippen LogP contribution in [0.15, 0.2) is 188 Å². The van der Waals surface area contributed by atoms with Gasteiger partial charge in [0.2, 0.25) is 0 Å². The highest BCUT2D eigenvalue weighted by Gasteiger charge is 2.40. The van der Waals surface area contributed by atoms with Crippen molar-refractivity contribution in [3.63, 3.8) is 0 Å². The van der Waals surface area contributed by atoms with Crippen LogP contribution in [-0.4, -0.2) is 8.07 Å². The molecular formula is C48H37N3Si. The van der Waals surface area contributed by atoms with Gasteiger partial charge in [-0.15, -0.1) is 0 Å². The predicted octanol–water partition coefficient (Wildman–Crippen LogP) is 12.4. The number of hydrogen-bond donors (Lipinski definition) is 0. The molecule has 0 atom stereocenters. The lowest BCUT2D eigenvalue weighted by atomic mass is 9.90. The number of para-hydroxylation sites is 4. The van der Waals surface area contributed by atoms with E-state index >= 15 is 0 Å². The van der Waals surface area contributed by atoms with Gasteiger partial charge in [0, 0.05) is 50.8 Å². The normalized spacial score (nSPS) is 13.7. The van der Waals surface area contributed by atoms with Crippen LogP contribution in [-0.2, 0) is 0 Å². The highest BCUT2D eigenvalue weighted by atomic mass is 28.3. The molecule has 0 aliphatic carbocycles. The van der Waals surface area contributed by atoms with Crippen LogP contribution in [0.25, 0.3) is 21.9 Å². The predicted molar refractivity (Wildman–Crippen MR) is 224 cm³/mol. The standard InChI is InChI=1S/C48H37N3Si/c1-52(2)46-27-13-12-25-42(46)50(37-22-10-5-11-23-37)45-33-44-41(32-47(45)52)40-24-14-16-34-17-15-26-43(48(34)40)51(44)39-30-28-38(29-31-39)49(35-18-6-3-7-19-35)36-20-8-4-9-21-36/h3-33H,1-2H3. The van der Waals surface area contributed by atoms with Gasteiger partial charge in [-0.2, -0.15) is 0 Å². The maximum Gasteiger partial charge on any atom is 0.117 e. The molecule has 0 amide bonds. The van der Waals surface area contributed by atoms with Crippen LogP contribution in [0.1, 0.15) is 0 Å². The van der Waals surface area contributed by atoms with E-state index in [4.69, 9.17) is 0 Å². The number of benzene rings is 8. The average molecular weight is 684 g/mol. The van der Waals surface area contributed by atoms with Gasteiger partial charge in [0.25, 0.3) is 0 Å². The molecule has 0 spiro atoms. The van der Waals surface area contributed by atoms with Gasteiger partial charge in [0.1, 0.15) is 8.07 Å². The van der Waals surface area contributed by atoms with E-state index in [2.05, 4.69) is 216 Å². The van der Waals surface area contributed by atoms with Gasteiger partial charge in [0.15, 0.2) is 0 Å². The lowest BCUT2D eigenvalue weighted by Gasteiger charge is -2.43. The molecule has 10 rings (SSSR count). The van der Waals surface area contributed by atoms with Crippen molar-refractivity contribution in [3.8, 4) is 11.1 Å². The number of nitrogens with zero attached hydrogens (tertiary/aromatic N) is 3. The van der Waals surface area contributed by atoms with Crippen LogP contribution in [0.2, 0.25) is 13.1 Å². The fraction of sp³-hybridized carbons (Fsp3) is 0.0417. The third-order valence-corrected chi connectivity index (χ3v) is 14.4. The topological polar surface area (TPSA) is 9.72 Å². The molecule has 52 heavy (non-hydrogen) atoms. The smallest absolute Gasteiger partial charge is 0.117 e. The first-order chi connectivity index (χ1) is 25.6. The van der Waals surface area contributed by atoms with E-state index in [1.54, 1.807) is 0 Å². The molecule has 2 aliphatic rings. The second-order valence-electron chi connectivity index (χ2n) is 14.2. The van der Waals surface area contributed by atoms with Crippen molar-refractivity contribution < 1.29 is 0 Å². The Morgan fingerprint density at radius 2 is 0.923 bits per heavy atom. The van der Waals surface area contributed by atoms with E-state index in [1.807, 2.05) is 0 Å². The van der Waals surface area contributed by atoms with Crippen molar-refractivity contribution in [2.24, 2.45) is 0 Å². The van der Waals surface area contributed by atoms with Gasteiger partial charge in [-0.3, -0.25) is 0 Å². The molecule has 3 nitrogen and oxygen atoms in total. The summed E-state index contributed by atoms with van der Waals surface area (Å²) in [5.41, 5.74) is 13.2. The molecule has 2 aliphatic heterocycles. The molecular weight excluding hydrogens is 647 g/mol. The molecule has 8 aromatic rings. The fourth-order valence-corrected chi connectivity index (χ4v) is 11.5. The molecule has 248 valence electrons. The minimum atomic E-state index is -2.09. The molecule has 0 N–H and O–H groups in total. The van der Waals surface area contributed by atoms with Gasteiger partial charge in [-0.1, -0.05) is 122 Å². The van der Waals surface area contributed by atoms with Crippen LogP contribution in [0.4, 0.5) is 51.2 Å². The zero-order valence-electron chi connectivity index (χ0n) is 29.2. The summed E-state index contributed by atoms with van der Waals surface area (Å²) in [5.74, 6) is 0. The van der Waals surface area contributed by atoms with E-state index in [-0.39, 0.29) is 0 Å². The van der Waals surface area contributed by atoms with Gasteiger partial charge in [-0.05, 0) is 100 Å². The number of anilines is 9. The number of fused-ring (bicyclic) bond motifs is 4. The number of rotatable bonds is 5. The lowest BCUT2D eigenvalue weighted by molar-refractivity contribution is 1.24. The van der Waals surface area contributed by atoms with Crippen molar-refractivity contribution in [1.29, 1.82) is 0 Å². The summed E-state index contributed by atoms with van der Waals surface area (Å²) in [6.07, 6.45) is 0. The lowest BCUT2D eigenvalue weighted by Crippen LogP contribution is -2.58. The Morgan fingerprint density at radius 3 is 1.62 bits per heavy atom. The zero-order valence-corrected chi connectivity index (χ0v) is 30.2. The van der Waals surface area contributed by atoms with Crippen LogP contribution >= 0.6 is 0 Å². The Balaban J connectivity index is 1.20. The van der Waals surface area contributed by atoms with Crippen LogP contribution in [0.5, 0.6) is 0 Å². The van der Waals surface area contributed by atoms with Crippen LogP contribution in [0, 0.1) is 0 Å². The molecule has 0 saturated heterocycles. The molecule has 0 radical (unpaired) electrons. The summed E-state index contributed by atoms with van der Waals surface area (Å²) in [6, 6.07) is 68.8. The van der Waals surface area contributed by atoms with Crippen molar-refractivity contribution in [2.45, 2.75) is 13.1 Å². The van der Waals surface area contributed by atoms with E-state index in [0.717, 1.165) is 22.7 Å². The second kappa shape index (κ2) is 11.9. The largest absolute Gasteiger partial charge is 0.311 e. The molecule has 2 heterocycles. The van der Waals surface area contributed by atoms with Gasteiger partial charge in [0.05, 0.1) is 11.4 Å². The maximum absolute atomic E-state index is 2.54. The molecule has 0 unspecified atom stereocenters. The second-order valence-corrected chi connectivity index (χ2v) is 18.6. The first-order valence-corrected chi connectivity index (χ1v) is 21.0. The van der Waals surface area contributed by atoms with E-state index < -0.39 is 8.07 Å². The van der Waals surface area contributed by atoms with Crippen molar-refractivity contribution in [1.82, 2.24) is 0 Å². The highest BCUT2D eigenvalue weighted by Crippen LogP contribution is 2.53. The number of hydrogen-bond acceptors (Lipinski definition) is 3. The highest BCUT2D eigenvalue weighted by molar-refractivity contribution is 7.02. The van der Waals surface area contributed by atoms with Crippen LogP contribution < -0.4 is 25.1 Å². The Kier molecular flexibility index (Phi) is 6.95. The molecule has 0 aromatic heterocycles. The Morgan fingerprint density at radius 1 is 0.385 bits per heavy atom. The summed E-state index contributed by atoms with van der Waals surface area (Å²) in [4.78, 5) is 7.30. The third-order valence-electron chi connectivity index (χ3n) is 10.9. The molecule has 4 heteroatoms. The molecule has 8 aromatic carbocycles. The van der Waals surface area contributed by atoms with Crippen molar-refractivity contribution in [3.05, 3.63) is 188 Å². The fourth-order valence-electron chi connectivity index (χ4n) is 8.48. The van der Waals surface area contributed by atoms with E-state index in [1.165, 1.54) is 60.7 Å². The van der Waals surface area contributed by atoms with E-state index in [0.29, 0.717) is 0 Å². The summed E-state index contributed by atoms with van der Waals surface area (Å²) in [6.45, 7) is 5.02. The third kappa shape index (κ3) is 4.65. The SMILES string of the molecule is C[Si]1(C)c2ccccc2N(c2ccccc2)c2cc3c(cc21)-c1cccc2cccc(c12)N3c1ccc(N(c2ccccc2)c2ccccc2)cc1. The van der Waals surface area contributed by atoms with Crippen molar-refractivity contribution in [2.75, 3.05) is 14.7 Å². The van der Waals surface area contributed by atoms with E-state index in [9.17, 15) is 0 Å². The van der Waals surface area contributed by atoms with Gasteiger partial charge in [-0.25, -0.2) is 0 Å². The Labute approximate surface area is 306 Å². The molecule has 0 fully saturated rings. The maximum atomic E-state index is 2.54. The summed E-state index contributed by atoms with van der Waals surface area (Å²) in [7, 11) is -2.09. The summed E-state index contributed by atoms with van der Waals surface area (Å²) < 4.78 is 0.